The molecule has 2 rings (SSSR count). The summed E-state index contributed by atoms with van der Waals surface area (Å²) >= 11 is 0. The Bertz CT molecular complexity index is 425. The van der Waals surface area contributed by atoms with Crippen LogP contribution in [0.3, 0.4) is 0 Å². The maximum atomic E-state index is 10.0. The van der Waals surface area contributed by atoms with Crippen LogP contribution in [-0.2, 0) is 0 Å². The second-order valence-corrected chi connectivity index (χ2v) is 3.42. The Labute approximate surface area is 88.5 Å². The average Bonchev–Trinajstić information content (AvgIpc) is 2.30. The van der Waals surface area contributed by atoms with Crippen molar-refractivity contribution in [1.29, 1.82) is 0 Å². The highest BCUT2D eigenvalue weighted by atomic mass is 16.3. The molecule has 0 amide bonds. The number of aliphatic hydroxyl groups is 1. The predicted molar refractivity (Wildman–Crippen MR) is 57.3 cm³/mol. The van der Waals surface area contributed by atoms with Gasteiger partial charge in [-0.05, 0) is 30.7 Å². The van der Waals surface area contributed by atoms with Gasteiger partial charge in [0.1, 0.15) is 6.10 Å². The highest BCUT2D eigenvalue weighted by molar-refractivity contribution is 5.26. The summed E-state index contributed by atoms with van der Waals surface area (Å²) in [6.07, 6.45) is 4.40. The number of rotatable bonds is 2. The zero-order valence-corrected chi connectivity index (χ0v) is 8.46. The van der Waals surface area contributed by atoms with E-state index in [1.165, 1.54) is 0 Å². The third kappa shape index (κ3) is 2.19. The molecule has 2 heterocycles. The largest absolute Gasteiger partial charge is 0.384 e. The Hall–Kier alpha value is -1.74. The van der Waals surface area contributed by atoms with Crippen LogP contribution < -0.4 is 0 Å². The van der Waals surface area contributed by atoms with Gasteiger partial charge >= 0.3 is 0 Å². The number of aromatic nitrogens is 2. The van der Waals surface area contributed by atoms with Crippen LogP contribution >= 0.6 is 0 Å². The van der Waals surface area contributed by atoms with Crippen LogP contribution in [-0.4, -0.2) is 15.1 Å². The average molecular weight is 200 g/mol. The lowest BCUT2D eigenvalue weighted by Crippen LogP contribution is -2.00. The molecule has 0 saturated heterocycles. The molecule has 1 atom stereocenters. The van der Waals surface area contributed by atoms with Gasteiger partial charge in [-0.15, -0.1) is 0 Å². The molecule has 15 heavy (non-hydrogen) atoms. The minimum absolute atomic E-state index is 0.624. The summed E-state index contributed by atoms with van der Waals surface area (Å²) < 4.78 is 0. The maximum Gasteiger partial charge on any atom is 0.106 e. The first-order valence-corrected chi connectivity index (χ1v) is 4.78. The maximum absolute atomic E-state index is 10.0. The molecule has 0 saturated carbocycles. The van der Waals surface area contributed by atoms with E-state index in [2.05, 4.69) is 9.97 Å². The Morgan fingerprint density at radius 3 is 2.40 bits per heavy atom. The number of aliphatic hydroxyl groups excluding tert-OH is 1. The molecule has 2 aromatic heterocycles. The van der Waals surface area contributed by atoms with Gasteiger partial charge in [-0.3, -0.25) is 9.97 Å². The molecule has 2 aromatic rings. The normalized spacial score (nSPS) is 12.4. The highest BCUT2D eigenvalue weighted by Gasteiger charge is 2.09. The lowest BCUT2D eigenvalue weighted by molar-refractivity contribution is 0.219. The van der Waals surface area contributed by atoms with Crippen molar-refractivity contribution in [3.05, 3.63) is 59.7 Å². The van der Waals surface area contributed by atoms with E-state index in [4.69, 9.17) is 0 Å². The van der Waals surface area contributed by atoms with E-state index in [9.17, 15) is 5.11 Å². The number of hydrogen-bond donors (Lipinski definition) is 1. The van der Waals surface area contributed by atoms with E-state index < -0.39 is 6.10 Å². The van der Waals surface area contributed by atoms with Crippen molar-refractivity contribution in [1.82, 2.24) is 9.97 Å². The zero-order valence-electron chi connectivity index (χ0n) is 8.46. The van der Waals surface area contributed by atoms with Crippen LogP contribution in [0, 0.1) is 6.92 Å². The minimum Gasteiger partial charge on any atom is -0.384 e. The van der Waals surface area contributed by atoms with Gasteiger partial charge in [0.2, 0.25) is 0 Å². The monoisotopic (exact) mass is 200 g/mol. The molecule has 1 N–H and O–H groups in total. The number of hydrogen-bond acceptors (Lipinski definition) is 3. The lowest BCUT2D eigenvalue weighted by Gasteiger charge is -2.10. The second-order valence-electron chi connectivity index (χ2n) is 3.42. The SMILES string of the molecule is Cc1ccc(C(O)c2ccncc2)cn1. The molecule has 0 aliphatic rings. The van der Waals surface area contributed by atoms with Crippen molar-refractivity contribution < 1.29 is 5.11 Å². The van der Waals surface area contributed by atoms with Crippen molar-refractivity contribution in [2.45, 2.75) is 13.0 Å². The van der Waals surface area contributed by atoms with Gasteiger partial charge in [-0.1, -0.05) is 6.07 Å². The standard InChI is InChI=1S/C12H12N2O/c1-9-2-3-11(8-14-9)12(15)10-4-6-13-7-5-10/h2-8,12,15H,1H3. The molecule has 3 heteroatoms. The quantitative estimate of drug-likeness (QED) is 0.804. The Morgan fingerprint density at radius 2 is 1.80 bits per heavy atom. The fraction of sp³-hybridized carbons (Fsp3) is 0.167. The van der Waals surface area contributed by atoms with Crippen molar-refractivity contribution >= 4 is 0 Å². The molecule has 0 radical (unpaired) electrons. The van der Waals surface area contributed by atoms with Crippen LogP contribution in [0.4, 0.5) is 0 Å². The van der Waals surface area contributed by atoms with Gasteiger partial charge in [0.05, 0.1) is 0 Å². The van der Waals surface area contributed by atoms with E-state index in [1.807, 2.05) is 19.1 Å². The fourth-order valence-electron chi connectivity index (χ4n) is 1.38. The molecular formula is C12H12N2O. The third-order valence-electron chi connectivity index (χ3n) is 2.27. The second kappa shape index (κ2) is 4.19. The van der Waals surface area contributed by atoms with Crippen molar-refractivity contribution in [3.8, 4) is 0 Å². The summed E-state index contributed by atoms with van der Waals surface area (Å²) in [6.45, 7) is 1.92. The molecule has 0 aromatic carbocycles. The van der Waals surface area contributed by atoms with Crippen LogP contribution in [0.25, 0.3) is 0 Å². The minimum atomic E-state index is -0.624. The topological polar surface area (TPSA) is 46.0 Å². The van der Waals surface area contributed by atoms with Crippen molar-refractivity contribution in [2.24, 2.45) is 0 Å². The first kappa shape index (κ1) is 9.80. The summed E-state index contributed by atoms with van der Waals surface area (Å²) in [5.41, 5.74) is 2.57. The van der Waals surface area contributed by atoms with Gasteiger partial charge in [0.15, 0.2) is 0 Å². The molecule has 1 unspecified atom stereocenters. The first-order chi connectivity index (χ1) is 7.27. The number of nitrogens with zero attached hydrogens (tertiary/aromatic N) is 2. The van der Waals surface area contributed by atoms with Gasteiger partial charge in [0.25, 0.3) is 0 Å². The molecule has 0 bridgehead atoms. The fourth-order valence-corrected chi connectivity index (χ4v) is 1.38. The van der Waals surface area contributed by atoms with E-state index in [0.29, 0.717) is 0 Å². The summed E-state index contributed by atoms with van der Waals surface area (Å²) in [5.74, 6) is 0. The van der Waals surface area contributed by atoms with Gasteiger partial charge in [-0.2, -0.15) is 0 Å². The van der Waals surface area contributed by atoms with E-state index in [-0.39, 0.29) is 0 Å². The molecule has 0 spiro atoms. The lowest BCUT2D eigenvalue weighted by atomic mass is 10.0. The number of aryl methyl sites for hydroxylation is 1. The van der Waals surface area contributed by atoms with Crippen molar-refractivity contribution in [2.75, 3.05) is 0 Å². The summed E-state index contributed by atoms with van der Waals surface area (Å²) in [7, 11) is 0. The Balaban J connectivity index is 2.29. The zero-order chi connectivity index (χ0) is 10.7. The molecule has 0 aliphatic carbocycles. The smallest absolute Gasteiger partial charge is 0.106 e. The van der Waals surface area contributed by atoms with Crippen LogP contribution in [0.5, 0.6) is 0 Å². The Kier molecular flexibility index (Phi) is 2.74. The van der Waals surface area contributed by atoms with Gasteiger partial charge in [-0.25, -0.2) is 0 Å². The van der Waals surface area contributed by atoms with Crippen LogP contribution in [0.2, 0.25) is 0 Å². The molecular weight excluding hydrogens is 188 g/mol. The third-order valence-corrected chi connectivity index (χ3v) is 2.27. The summed E-state index contributed by atoms with van der Waals surface area (Å²) in [6, 6.07) is 7.36. The number of pyridine rings is 2. The van der Waals surface area contributed by atoms with Gasteiger partial charge < -0.3 is 5.11 Å². The van der Waals surface area contributed by atoms with Gasteiger partial charge in [0, 0.05) is 29.8 Å². The Morgan fingerprint density at radius 1 is 1.07 bits per heavy atom. The summed E-state index contributed by atoms with van der Waals surface area (Å²) in [4.78, 5) is 8.06. The van der Waals surface area contributed by atoms with E-state index in [1.54, 1.807) is 30.7 Å². The summed E-state index contributed by atoms with van der Waals surface area (Å²) in [5, 5.41) is 10.0. The molecule has 76 valence electrons. The van der Waals surface area contributed by atoms with Crippen molar-refractivity contribution in [3.63, 3.8) is 0 Å². The van der Waals surface area contributed by atoms with E-state index in [0.717, 1.165) is 16.8 Å². The highest BCUT2D eigenvalue weighted by Crippen LogP contribution is 2.20. The van der Waals surface area contributed by atoms with E-state index >= 15 is 0 Å². The van der Waals surface area contributed by atoms with Crippen LogP contribution in [0.1, 0.15) is 22.9 Å². The first-order valence-electron chi connectivity index (χ1n) is 4.78. The molecule has 0 aliphatic heterocycles. The molecule has 0 fully saturated rings. The van der Waals surface area contributed by atoms with Crippen LogP contribution in [0.15, 0.2) is 42.9 Å². The predicted octanol–water partition coefficient (Wildman–Crippen LogP) is 1.87. The molecule has 3 nitrogen and oxygen atoms in total.